The first-order valence-electron chi connectivity index (χ1n) is 7.01. The third kappa shape index (κ3) is 5.38. The van der Waals surface area contributed by atoms with E-state index >= 15 is 0 Å². The highest BCUT2D eigenvalue weighted by Gasteiger charge is 2.39. The van der Waals surface area contributed by atoms with Crippen LogP contribution in [-0.2, 0) is 9.53 Å². The highest BCUT2D eigenvalue weighted by atomic mass is 16.6. The van der Waals surface area contributed by atoms with Crippen molar-refractivity contribution in [2.45, 2.75) is 78.9 Å². The lowest BCUT2D eigenvalue weighted by molar-refractivity contribution is -0.170. The summed E-state index contributed by atoms with van der Waals surface area (Å²) in [6.45, 7) is 13.4. The maximum absolute atomic E-state index is 12.1. The van der Waals surface area contributed by atoms with Crippen LogP contribution in [0.1, 0.15) is 67.7 Å². The van der Waals surface area contributed by atoms with Gasteiger partial charge in [0.05, 0.1) is 11.5 Å². The normalized spacial score (nSPS) is 18.9. The third-order valence-electron chi connectivity index (χ3n) is 3.58. The molecule has 0 spiro atoms. The molecule has 0 radical (unpaired) electrons. The predicted octanol–water partition coefficient (Wildman–Crippen LogP) is 3.54. The van der Waals surface area contributed by atoms with Crippen LogP contribution in [0, 0.1) is 11.8 Å². The van der Waals surface area contributed by atoms with Gasteiger partial charge in [-0.2, -0.15) is 0 Å². The van der Waals surface area contributed by atoms with Crippen LogP contribution in [0.4, 0.5) is 0 Å². The van der Waals surface area contributed by atoms with Crippen LogP contribution in [0.5, 0.6) is 0 Å². The second-order valence-corrected chi connectivity index (χ2v) is 6.43. The first-order valence-corrected chi connectivity index (χ1v) is 7.01. The molecular weight excluding hydrogens is 228 g/mol. The lowest BCUT2D eigenvalue weighted by Gasteiger charge is -2.35. The van der Waals surface area contributed by atoms with Gasteiger partial charge in [0.2, 0.25) is 0 Å². The average Bonchev–Trinajstić information content (AvgIpc) is 2.25. The van der Waals surface area contributed by atoms with Gasteiger partial charge in [-0.05, 0) is 46.5 Å². The average molecular weight is 258 g/mol. The van der Waals surface area contributed by atoms with Crippen molar-refractivity contribution in [3.63, 3.8) is 0 Å². The molecule has 0 fully saturated rings. The zero-order valence-corrected chi connectivity index (χ0v) is 13.0. The highest BCUT2D eigenvalue weighted by Crippen LogP contribution is 2.31. The van der Waals surface area contributed by atoms with E-state index in [4.69, 9.17) is 4.74 Å². The van der Waals surface area contributed by atoms with E-state index in [-0.39, 0.29) is 5.97 Å². The molecule has 3 unspecified atom stereocenters. The lowest BCUT2D eigenvalue weighted by atomic mass is 9.79. The van der Waals surface area contributed by atoms with Gasteiger partial charge in [0.15, 0.2) is 0 Å². The Balaban J connectivity index is 4.78. The standard InChI is InChI=1S/C15H30O3/c1-8-11(3)10-15(17,9-2)12(4)13(16)18-14(5,6)7/h11-12,17H,8-10H2,1-7H3. The molecule has 0 bridgehead atoms. The molecule has 0 heterocycles. The molecule has 0 aromatic rings. The van der Waals surface area contributed by atoms with Gasteiger partial charge in [0.25, 0.3) is 0 Å². The first-order chi connectivity index (χ1) is 8.05. The van der Waals surface area contributed by atoms with Crippen molar-refractivity contribution in [3.8, 4) is 0 Å². The van der Waals surface area contributed by atoms with Gasteiger partial charge >= 0.3 is 5.97 Å². The first kappa shape index (κ1) is 17.4. The lowest BCUT2D eigenvalue weighted by Crippen LogP contribution is -2.44. The predicted molar refractivity (Wildman–Crippen MR) is 74.3 cm³/mol. The number of ether oxygens (including phenoxy) is 1. The van der Waals surface area contributed by atoms with Gasteiger partial charge in [-0.15, -0.1) is 0 Å². The molecule has 0 aromatic carbocycles. The largest absolute Gasteiger partial charge is 0.460 e. The van der Waals surface area contributed by atoms with Crippen LogP contribution in [-0.4, -0.2) is 22.3 Å². The third-order valence-corrected chi connectivity index (χ3v) is 3.58. The van der Waals surface area contributed by atoms with Gasteiger partial charge in [-0.3, -0.25) is 4.79 Å². The number of esters is 1. The van der Waals surface area contributed by atoms with E-state index in [1.807, 2.05) is 27.7 Å². The maximum Gasteiger partial charge on any atom is 0.312 e. The molecule has 3 heteroatoms. The number of hydrogen-bond donors (Lipinski definition) is 1. The summed E-state index contributed by atoms with van der Waals surface area (Å²) in [5.41, 5.74) is -1.46. The van der Waals surface area contributed by atoms with E-state index in [0.717, 1.165) is 6.42 Å². The van der Waals surface area contributed by atoms with Crippen LogP contribution in [0.2, 0.25) is 0 Å². The minimum Gasteiger partial charge on any atom is -0.460 e. The number of carbonyl (C=O) groups excluding carboxylic acids is 1. The fourth-order valence-electron chi connectivity index (χ4n) is 1.98. The summed E-state index contributed by atoms with van der Waals surface area (Å²) in [7, 11) is 0. The second-order valence-electron chi connectivity index (χ2n) is 6.43. The topological polar surface area (TPSA) is 46.5 Å². The molecule has 108 valence electrons. The summed E-state index contributed by atoms with van der Waals surface area (Å²) < 4.78 is 5.36. The molecule has 0 aliphatic carbocycles. The summed E-state index contributed by atoms with van der Waals surface area (Å²) in [5, 5.41) is 10.7. The smallest absolute Gasteiger partial charge is 0.312 e. The van der Waals surface area contributed by atoms with Crippen molar-refractivity contribution in [3.05, 3.63) is 0 Å². The van der Waals surface area contributed by atoms with E-state index < -0.39 is 17.1 Å². The molecule has 0 rings (SSSR count). The fraction of sp³-hybridized carbons (Fsp3) is 0.933. The molecule has 0 saturated carbocycles. The summed E-state index contributed by atoms with van der Waals surface area (Å²) in [6, 6.07) is 0. The number of rotatable bonds is 6. The molecule has 1 N–H and O–H groups in total. The molecule has 0 amide bonds. The van der Waals surface area contributed by atoms with Crippen molar-refractivity contribution in [2.24, 2.45) is 11.8 Å². The van der Waals surface area contributed by atoms with Gasteiger partial charge in [-0.1, -0.05) is 27.2 Å². The van der Waals surface area contributed by atoms with Crippen molar-refractivity contribution >= 4 is 5.97 Å². The SMILES string of the molecule is CCC(C)CC(O)(CC)C(C)C(=O)OC(C)(C)C. The van der Waals surface area contributed by atoms with Crippen LogP contribution in [0.3, 0.4) is 0 Å². The Bertz CT molecular complexity index is 267. The molecule has 0 aliphatic rings. The molecule has 3 nitrogen and oxygen atoms in total. The monoisotopic (exact) mass is 258 g/mol. The van der Waals surface area contributed by atoms with E-state index in [2.05, 4.69) is 13.8 Å². The molecule has 3 atom stereocenters. The van der Waals surface area contributed by atoms with Gasteiger partial charge in [0, 0.05) is 0 Å². The maximum atomic E-state index is 12.1. The Hall–Kier alpha value is -0.570. The molecule has 0 aliphatic heterocycles. The summed E-state index contributed by atoms with van der Waals surface area (Å²) in [6.07, 6.45) is 2.21. The van der Waals surface area contributed by atoms with Gasteiger partial charge < -0.3 is 9.84 Å². The summed E-state index contributed by atoms with van der Waals surface area (Å²) in [4.78, 5) is 12.1. The van der Waals surface area contributed by atoms with Crippen molar-refractivity contribution in [1.29, 1.82) is 0 Å². The Labute approximate surface area is 112 Å². The fourth-order valence-corrected chi connectivity index (χ4v) is 1.98. The van der Waals surface area contributed by atoms with Crippen LogP contribution < -0.4 is 0 Å². The minimum absolute atomic E-state index is 0.310. The van der Waals surface area contributed by atoms with Crippen LogP contribution in [0.15, 0.2) is 0 Å². The summed E-state index contributed by atoms with van der Waals surface area (Å²) >= 11 is 0. The van der Waals surface area contributed by atoms with Crippen molar-refractivity contribution in [2.75, 3.05) is 0 Å². The Morgan fingerprint density at radius 2 is 1.72 bits per heavy atom. The molecular formula is C15H30O3. The zero-order chi connectivity index (χ0) is 14.6. The molecule has 18 heavy (non-hydrogen) atoms. The Kier molecular flexibility index (Phi) is 6.35. The van der Waals surface area contributed by atoms with E-state index in [9.17, 15) is 9.90 Å². The number of hydrogen-bond acceptors (Lipinski definition) is 3. The Morgan fingerprint density at radius 1 is 1.22 bits per heavy atom. The van der Waals surface area contributed by atoms with E-state index in [1.165, 1.54) is 0 Å². The van der Waals surface area contributed by atoms with Gasteiger partial charge in [-0.25, -0.2) is 0 Å². The van der Waals surface area contributed by atoms with Gasteiger partial charge in [0.1, 0.15) is 5.60 Å². The quantitative estimate of drug-likeness (QED) is 0.741. The Morgan fingerprint density at radius 3 is 2.06 bits per heavy atom. The van der Waals surface area contributed by atoms with Crippen molar-refractivity contribution < 1.29 is 14.6 Å². The highest BCUT2D eigenvalue weighted by molar-refractivity contribution is 5.73. The zero-order valence-electron chi connectivity index (χ0n) is 13.0. The number of carbonyl (C=O) groups is 1. The minimum atomic E-state index is -0.961. The molecule has 0 aromatic heterocycles. The van der Waals surface area contributed by atoms with E-state index in [1.54, 1.807) is 6.92 Å². The van der Waals surface area contributed by atoms with Crippen LogP contribution >= 0.6 is 0 Å². The van der Waals surface area contributed by atoms with E-state index in [0.29, 0.717) is 18.8 Å². The number of aliphatic hydroxyl groups is 1. The van der Waals surface area contributed by atoms with Crippen LogP contribution in [0.25, 0.3) is 0 Å². The second kappa shape index (κ2) is 6.55. The molecule has 0 saturated heterocycles. The summed E-state index contributed by atoms with van der Waals surface area (Å²) in [5.74, 6) is -0.397. The van der Waals surface area contributed by atoms with Crippen molar-refractivity contribution in [1.82, 2.24) is 0 Å².